The Morgan fingerprint density at radius 1 is 1.00 bits per heavy atom. The summed E-state index contributed by atoms with van der Waals surface area (Å²) in [7, 11) is 0. The number of hydrogen-bond donors (Lipinski definition) is 3. The van der Waals surface area contributed by atoms with Gasteiger partial charge in [-0.2, -0.15) is 0 Å². The number of nitrogens with one attached hydrogen (secondary N) is 2. The summed E-state index contributed by atoms with van der Waals surface area (Å²) in [5.74, 6) is 0. The molecule has 0 unspecified atom stereocenters. The predicted molar refractivity (Wildman–Crippen MR) is 103 cm³/mol. The third kappa shape index (κ3) is 3.96. The first kappa shape index (κ1) is 18.5. The van der Waals surface area contributed by atoms with Gasteiger partial charge in [0.15, 0.2) is 0 Å². The zero-order valence-corrected chi connectivity index (χ0v) is 15.0. The summed E-state index contributed by atoms with van der Waals surface area (Å²) in [6, 6.07) is 15.3. The van der Waals surface area contributed by atoms with E-state index in [9.17, 15) is 9.90 Å². The maximum Gasteiger partial charge on any atom is 0.315 e. The highest BCUT2D eigenvalue weighted by Crippen LogP contribution is 2.40. The van der Waals surface area contributed by atoms with Crippen molar-refractivity contribution in [2.75, 3.05) is 6.54 Å². The second kappa shape index (κ2) is 8.42. The lowest BCUT2D eigenvalue weighted by atomic mass is 9.78. The van der Waals surface area contributed by atoms with Crippen molar-refractivity contribution in [3.8, 4) is 0 Å². The molecular formula is C21H22N4O2. The predicted octanol–water partition coefficient (Wildman–Crippen LogP) is 2.77. The van der Waals surface area contributed by atoms with Gasteiger partial charge in [0.2, 0.25) is 0 Å². The Balaban J connectivity index is 2.17. The average Bonchev–Trinajstić information content (AvgIpc) is 2.73. The molecule has 2 amide bonds. The summed E-state index contributed by atoms with van der Waals surface area (Å²) >= 11 is 0. The van der Waals surface area contributed by atoms with Gasteiger partial charge in [0, 0.05) is 42.5 Å². The zero-order chi connectivity index (χ0) is 19.1. The lowest BCUT2D eigenvalue weighted by molar-refractivity contribution is 0.0395. The normalized spacial score (nSPS) is 12.2. The summed E-state index contributed by atoms with van der Waals surface area (Å²) in [4.78, 5) is 20.7. The minimum atomic E-state index is -1.56. The lowest BCUT2D eigenvalue weighted by Gasteiger charge is -2.37. The molecule has 1 aromatic carbocycles. The lowest BCUT2D eigenvalue weighted by Crippen LogP contribution is -2.48. The topological polar surface area (TPSA) is 87.1 Å². The Labute approximate surface area is 158 Å². The minimum absolute atomic E-state index is 0.363. The number of urea groups is 1. The van der Waals surface area contributed by atoms with Crippen LogP contribution in [0, 0.1) is 0 Å². The van der Waals surface area contributed by atoms with Crippen molar-refractivity contribution in [1.29, 1.82) is 0 Å². The first-order valence-corrected chi connectivity index (χ1v) is 8.79. The maximum atomic E-state index is 12.4. The van der Waals surface area contributed by atoms with E-state index in [1.807, 2.05) is 37.3 Å². The number of hydrogen-bond acceptors (Lipinski definition) is 4. The highest BCUT2D eigenvalue weighted by molar-refractivity contribution is 5.74. The van der Waals surface area contributed by atoms with E-state index in [2.05, 4.69) is 20.6 Å². The molecule has 138 valence electrons. The molecule has 3 rings (SSSR count). The largest absolute Gasteiger partial charge is 0.378 e. The molecule has 27 heavy (non-hydrogen) atoms. The SMILES string of the molecule is CCNC(=O)N[C@H](c1ccccc1)C(O)(c1cccnc1)c1cccnc1. The van der Waals surface area contributed by atoms with Gasteiger partial charge in [0.25, 0.3) is 0 Å². The van der Waals surface area contributed by atoms with Crippen LogP contribution in [0.4, 0.5) is 4.79 Å². The number of aliphatic hydroxyl groups is 1. The molecule has 0 aliphatic carbocycles. The summed E-state index contributed by atoms with van der Waals surface area (Å²) < 4.78 is 0. The van der Waals surface area contributed by atoms with Crippen LogP contribution < -0.4 is 10.6 Å². The maximum absolute atomic E-state index is 12.4. The van der Waals surface area contributed by atoms with Gasteiger partial charge in [-0.15, -0.1) is 0 Å². The molecule has 0 saturated carbocycles. The average molecular weight is 362 g/mol. The first-order valence-electron chi connectivity index (χ1n) is 8.79. The van der Waals surface area contributed by atoms with Crippen molar-refractivity contribution in [2.24, 2.45) is 0 Å². The van der Waals surface area contributed by atoms with Crippen molar-refractivity contribution in [3.63, 3.8) is 0 Å². The minimum Gasteiger partial charge on any atom is -0.378 e. The standard InChI is InChI=1S/C21H22N4O2/c1-2-24-20(26)25-19(16-8-4-3-5-9-16)21(27,17-10-6-12-22-14-17)18-11-7-13-23-15-18/h3-15,19,27H,2H2,1H3,(H2,24,25,26)/t19-/m1/s1. The summed E-state index contributed by atoms with van der Waals surface area (Å²) in [5.41, 5.74) is 0.320. The van der Waals surface area contributed by atoms with Gasteiger partial charge in [-0.1, -0.05) is 42.5 Å². The number of amides is 2. The van der Waals surface area contributed by atoms with E-state index < -0.39 is 11.6 Å². The zero-order valence-electron chi connectivity index (χ0n) is 15.0. The Bertz CT molecular complexity index is 818. The Kier molecular flexibility index (Phi) is 5.78. The van der Waals surface area contributed by atoms with Gasteiger partial charge in [-0.25, -0.2) is 4.79 Å². The summed E-state index contributed by atoms with van der Waals surface area (Å²) in [6.07, 6.45) is 6.48. The Morgan fingerprint density at radius 3 is 2.07 bits per heavy atom. The van der Waals surface area contributed by atoms with Crippen molar-refractivity contribution in [3.05, 3.63) is 96.1 Å². The van der Waals surface area contributed by atoms with Gasteiger partial charge < -0.3 is 15.7 Å². The number of pyridine rings is 2. The van der Waals surface area contributed by atoms with Crippen LogP contribution in [-0.4, -0.2) is 27.7 Å². The van der Waals surface area contributed by atoms with Gasteiger partial charge in [-0.3, -0.25) is 9.97 Å². The smallest absolute Gasteiger partial charge is 0.315 e. The third-order valence-electron chi connectivity index (χ3n) is 4.37. The first-order chi connectivity index (χ1) is 13.2. The molecule has 1 atom stereocenters. The molecule has 0 aliphatic rings. The number of carbonyl (C=O) groups is 1. The van der Waals surface area contributed by atoms with Crippen LogP contribution >= 0.6 is 0 Å². The van der Waals surface area contributed by atoms with Gasteiger partial charge in [-0.05, 0) is 24.6 Å². The molecule has 0 aliphatic heterocycles. The van der Waals surface area contributed by atoms with Crippen LogP contribution in [0.25, 0.3) is 0 Å². The number of nitrogens with zero attached hydrogens (tertiary/aromatic N) is 2. The van der Waals surface area contributed by atoms with Gasteiger partial charge in [0.1, 0.15) is 5.60 Å². The van der Waals surface area contributed by atoms with Crippen molar-refractivity contribution < 1.29 is 9.90 Å². The quantitative estimate of drug-likeness (QED) is 0.629. The molecular weight excluding hydrogens is 340 g/mol. The van der Waals surface area contributed by atoms with Crippen molar-refractivity contribution >= 4 is 6.03 Å². The van der Waals surface area contributed by atoms with E-state index in [1.54, 1.807) is 49.1 Å². The second-order valence-corrected chi connectivity index (χ2v) is 6.10. The highest BCUT2D eigenvalue weighted by Gasteiger charge is 2.42. The van der Waals surface area contributed by atoms with Gasteiger partial charge >= 0.3 is 6.03 Å². The molecule has 6 heteroatoms. The van der Waals surface area contributed by atoms with Crippen LogP contribution in [0.15, 0.2) is 79.4 Å². The molecule has 3 N–H and O–H groups in total. The Morgan fingerprint density at radius 2 is 1.59 bits per heavy atom. The molecule has 3 aromatic rings. The molecule has 0 radical (unpaired) electrons. The van der Waals surface area contributed by atoms with Crippen LogP contribution in [0.2, 0.25) is 0 Å². The molecule has 0 fully saturated rings. The number of benzene rings is 1. The van der Waals surface area contributed by atoms with Crippen LogP contribution in [-0.2, 0) is 5.60 Å². The molecule has 2 aromatic heterocycles. The van der Waals surface area contributed by atoms with Crippen LogP contribution in [0.1, 0.15) is 29.7 Å². The number of carbonyl (C=O) groups excluding carboxylic acids is 1. The Hall–Kier alpha value is -3.25. The van der Waals surface area contributed by atoms with E-state index in [0.29, 0.717) is 17.7 Å². The monoisotopic (exact) mass is 362 g/mol. The second-order valence-electron chi connectivity index (χ2n) is 6.10. The highest BCUT2D eigenvalue weighted by atomic mass is 16.3. The summed E-state index contributed by atoms with van der Waals surface area (Å²) in [6.45, 7) is 2.32. The van der Waals surface area contributed by atoms with Crippen molar-refractivity contribution in [1.82, 2.24) is 20.6 Å². The van der Waals surface area contributed by atoms with Gasteiger partial charge in [0.05, 0.1) is 6.04 Å². The fourth-order valence-electron chi connectivity index (χ4n) is 3.09. The molecule has 2 heterocycles. The summed E-state index contributed by atoms with van der Waals surface area (Å²) in [5, 5.41) is 17.6. The van der Waals surface area contributed by atoms with E-state index in [1.165, 1.54) is 0 Å². The molecule has 0 saturated heterocycles. The third-order valence-corrected chi connectivity index (χ3v) is 4.37. The van der Waals surface area contributed by atoms with E-state index in [0.717, 1.165) is 5.56 Å². The molecule has 0 bridgehead atoms. The fraction of sp³-hybridized carbons (Fsp3) is 0.190. The van der Waals surface area contributed by atoms with E-state index in [-0.39, 0.29) is 6.03 Å². The van der Waals surface area contributed by atoms with Crippen molar-refractivity contribution in [2.45, 2.75) is 18.6 Å². The van der Waals surface area contributed by atoms with E-state index in [4.69, 9.17) is 0 Å². The number of rotatable bonds is 6. The van der Waals surface area contributed by atoms with Crippen LogP contribution in [0.3, 0.4) is 0 Å². The fourth-order valence-corrected chi connectivity index (χ4v) is 3.09. The molecule has 0 spiro atoms. The molecule has 6 nitrogen and oxygen atoms in total. The number of aromatic nitrogens is 2. The van der Waals surface area contributed by atoms with E-state index >= 15 is 0 Å². The van der Waals surface area contributed by atoms with Crippen LogP contribution in [0.5, 0.6) is 0 Å².